The number of amides is 1. The third-order valence-corrected chi connectivity index (χ3v) is 4.93. The molecule has 4 aromatic rings. The van der Waals surface area contributed by atoms with E-state index in [0.29, 0.717) is 27.9 Å². The van der Waals surface area contributed by atoms with Gasteiger partial charge in [0.25, 0.3) is 11.5 Å². The summed E-state index contributed by atoms with van der Waals surface area (Å²) in [5.41, 5.74) is 0.785. The Bertz CT molecular complexity index is 1350. The Morgan fingerprint density at radius 1 is 1.24 bits per heavy atom. The molecule has 0 spiro atoms. The van der Waals surface area contributed by atoms with Crippen molar-refractivity contribution in [1.82, 2.24) is 9.55 Å². The van der Waals surface area contributed by atoms with Crippen molar-refractivity contribution in [3.63, 3.8) is 0 Å². The normalized spacial score (nSPS) is 11.0. The Balaban J connectivity index is 1.67. The fourth-order valence-corrected chi connectivity index (χ4v) is 3.31. The van der Waals surface area contributed by atoms with Crippen LogP contribution in [0.3, 0.4) is 0 Å². The number of halogens is 2. The summed E-state index contributed by atoms with van der Waals surface area (Å²) >= 11 is 11.0. The number of benzene rings is 2. The third kappa shape index (κ3) is 3.85. The molecule has 146 valence electrons. The summed E-state index contributed by atoms with van der Waals surface area (Å²) in [5.74, 6) is -0.415. The van der Waals surface area contributed by atoms with E-state index >= 15 is 0 Å². The van der Waals surface area contributed by atoms with Crippen LogP contribution in [0.4, 0.5) is 10.1 Å². The van der Waals surface area contributed by atoms with Gasteiger partial charge in [-0.3, -0.25) is 14.2 Å². The van der Waals surface area contributed by atoms with Crippen molar-refractivity contribution in [2.45, 2.75) is 6.54 Å². The number of fused-ring (bicyclic) bond motifs is 1. The number of aromatic amines is 1. The van der Waals surface area contributed by atoms with Crippen LogP contribution in [0.25, 0.3) is 10.9 Å². The van der Waals surface area contributed by atoms with Gasteiger partial charge >= 0.3 is 0 Å². The van der Waals surface area contributed by atoms with Crippen LogP contribution in [0.1, 0.15) is 16.1 Å². The number of nitrogens with one attached hydrogen (secondary N) is 2. The Kier molecular flexibility index (Phi) is 5.04. The van der Waals surface area contributed by atoms with Crippen molar-refractivity contribution in [2.24, 2.45) is 0 Å². The Hall–Kier alpha value is -3.23. The van der Waals surface area contributed by atoms with E-state index in [1.807, 2.05) is 0 Å². The molecule has 0 saturated carbocycles. The van der Waals surface area contributed by atoms with Gasteiger partial charge in [-0.05, 0) is 60.7 Å². The van der Waals surface area contributed by atoms with Gasteiger partial charge in [0.1, 0.15) is 11.6 Å². The second-order valence-corrected chi connectivity index (χ2v) is 7.04. The number of hydrogen-bond donors (Lipinski definition) is 2. The Morgan fingerprint density at radius 3 is 2.79 bits per heavy atom. The molecule has 2 aromatic heterocycles. The van der Waals surface area contributed by atoms with E-state index in [1.54, 1.807) is 18.2 Å². The number of furan rings is 1. The van der Waals surface area contributed by atoms with Crippen LogP contribution in [0.2, 0.25) is 5.02 Å². The van der Waals surface area contributed by atoms with Crippen LogP contribution < -0.4 is 10.9 Å². The van der Waals surface area contributed by atoms with Crippen molar-refractivity contribution in [3.8, 4) is 0 Å². The first-order chi connectivity index (χ1) is 13.9. The van der Waals surface area contributed by atoms with Crippen LogP contribution >= 0.6 is 23.8 Å². The first-order valence-electron chi connectivity index (χ1n) is 8.48. The molecule has 2 heterocycles. The zero-order chi connectivity index (χ0) is 20.5. The average molecular weight is 430 g/mol. The van der Waals surface area contributed by atoms with Gasteiger partial charge in [-0.25, -0.2) is 4.39 Å². The average Bonchev–Trinajstić information content (AvgIpc) is 3.21. The highest BCUT2D eigenvalue weighted by Gasteiger charge is 2.12. The van der Waals surface area contributed by atoms with E-state index in [9.17, 15) is 14.0 Å². The summed E-state index contributed by atoms with van der Waals surface area (Å²) in [6, 6.07) is 12.0. The molecule has 0 aliphatic rings. The van der Waals surface area contributed by atoms with Crippen molar-refractivity contribution < 1.29 is 13.6 Å². The van der Waals surface area contributed by atoms with E-state index in [-0.39, 0.29) is 21.9 Å². The number of anilines is 1. The minimum Gasteiger partial charge on any atom is -0.467 e. The lowest BCUT2D eigenvalue weighted by atomic mass is 10.1. The van der Waals surface area contributed by atoms with Gasteiger partial charge in [0.15, 0.2) is 4.77 Å². The van der Waals surface area contributed by atoms with Crippen molar-refractivity contribution in [1.29, 1.82) is 0 Å². The topological polar surface area (TPSA) is 80.0 Å². The van der Waals surface area contributed by atoms with Gasteiger partial charge in [0.2, 0.25) is 0 Å². The van der Waals surface area contributed by atoms with Crippen LogP contribution in [-0.2, 0) is 6.54 Å². The molecule has 0 atom stereocenters. The number of carbonyl (C=O) groups excluding carboxylic acids is 1. The molecule has 0 unspecified atom stereocenters. The number of H-pyrrole nitrogens is 1. The molecule has 9 heteroatoms. The van der Waals surface area contributed by atoms with Crippen LogP contribution in [0.5, 0.6) is 0 Å². The van der Waals surface area contributed by atoms with Gasteiger partial charge in [0.05, 0.1) is 28.7 Å². The van der Waals surface area contributed by atoms with Gasteiger partial charge in [-0.1, -0.05) is 11.6 Å². The molecule has 0 radical (unpaired) electrons. The first-order valence-corrected chi connectivity index (χ1v) is 9.26. The van der Waals surface area contributed by atoms with Crippen molar-refractivity contribution in [3.05, 3.63) is 92.1 Å². The molecule has 0 aliphatic heterocycles. The standard InChI is InChI=1S/C20H13ClFN3O3S/c21-15-9-12(4-6-16(15)22)23-18(26)11-3-5-14-17(8-11)24-20(29)25(19(14)27)10-13-2-1-7-28-13/h1-9H,10H2,(H,23,26)(H,24,29). The minimum absolute atomic E-state index is 0.0949. The molecule has 4 rings (SSSR count). The summed E-state index contributed by atoms with van der Waals surface area (Å²) in [6.45, 7) is 0.199. The van der Waals surface area contributed by atoms with Gasteiger partial charge in [-0.15, -0.1) is 0 Å². The summed E-state index contributed by atoms with van der Waals surface area (Å²) < 4.78 is 20.1. The van der Waals surface area contributed by atoms with E-state index in [4.69, 9.17) is 28.2 Å². The van der Waals surface area contributed by atoms with Gasteiger partial charge < -0.3 is 14.7 Å². The Morgan fingerprint density at radius 2 is 2.07 bits per heavy atom. The smallest absolute Gasteiger partial charge is 0.262 e. The monoisotopic (exact) mass is 429 g/mol. The summed E-state index contributed by atoms with van der Waals surface area (Å²) in [6.07, 6.45) is 1.52. The summed E-state index contributed by atoms with van der Waals surface area (Å²) in [4.78, 5) is 28.3. The van der Waals surface area contributed by atoms with E-state index in [1.165, 1.54) is 35.1 Å². The molecule has 2 aromatic carbocycles. The molecule has 6 nitrogen and oxygen atoms in total. The SMILES string of the molecule is O=C(Nc1ccc(F)c(Cl)c1)c1ccc2c(=O)n(Cc3ccco3)c(=S)[nH]c2c1. The second kappa shape index (κ2) is 7.65. The number of carbonyl (C=O) groups is 1. The molecule has 1 amide bonds. The lowest BCUT2D eigenvalue weighted by Gasteiger charge is -2.09. The third-order valence-electron chi connectivity index (χ3n) is 4.32. The first kappa shape index (κ1) is 19.1. The summed E-state index contributed by atoms with van der Waals surface area (Å²) in [5, 5.41) is 2.92. The maximum atomic E-state index is 13.3. The van der Waals surface area contributed by atoms with E-state index in [2.05, 4.69) is 10.3 Å². The van der Waals surface area contributed by atoms with Gasteiger partial charge in [-0.2, -0.15) is 0 Å². The molecular formula is C20H13ClFN3O3S. The molecule has 29 heavy (non-hydrogen) atoms. The van der Waals surface area contributed by atoms with E-state index < -0.39 is 11.7 Å². The minimum atomic E-state index is -0.575. The molecule has 0 aliphatic carbocycles. The fraction of sp³-hybridized carbons (Fsp3) is 0.0500. The maximum Gasteiger partial charge on any atom is 0.262 e. The number of aromatic nitrogens is 2. The second-order valence-electron chi connectivity index (χ2n) is 6.24. The molecule has 0 saturated heterocycles. The lowest BCUT2D eigenvalue weighted by Crippen LogP contribution is -2.23. The van der Waals surface area contributed by atoms with Crippen LogP contribution in [-0.4, -0.2) is 15.5 Å². The van der Waals surface area contributed by atoms with Crippen molar-refractivity contribution in [2.75, 3.05) is 5.32 Å². The van der Waals surface area contributed by atoms with E-state index in [0.717, 1.165) is 6.07 Å². The molecular weight excluding hydrogens is 417 g/mol. The highest BCUT2D eigenvalue weighted by Crippen LogP contribution is 2.20. The number of nitrogens with zero attached hydrogens (tertiary/aromatic N) is 1. The largest absolute Gasteiger partial charge is 0.467 e. The predicted molar refractivity (Wildman–Crippen MR) is 111 cm³/mol. The molecule has 2 N–H and O–H groups in total. The fourth-order valence-electron chi connectivity index (χ4n) is 2.87. The molecule has 0 fully saturated rings. The quantitative estimate of drug-likeness (QED) is 0.459. The highest BCUT2D eigenvalue weighted by molar-refractivity contribution is 7.71. The Labute approximate surface area is 173 Å². The number of rotatable bonds is 4. The van der Waals surface area contributed by atoms with Gasteiger partial charge in [0, 0.05) is 11.3 Å². The zero-order valence-electron chi connectivity index (χ0n) is 14.7. The maximum absolute atomic E-state index is 13.3. The zero-order valence-corrected chi connectivity index (χ0v) is 16.3. The highest BCUT2D eigenvalue weighted by atomic mass is 35.5. The van der Waals surface area contributed by atoms with Crippen LogP contribution in [0.15, 0.2) is 64.0 Å². The molecule has 0 bridgehead atoms. The summed E-state index contributed by atoms with van der Waals surface area (Å²) in [7, 11) is 0. The predicted octanol–water partition coefficient (Wildman–Crippen LogP) is 4.75. The van der Waals surface area contributed by atoms with Crippen molar-refractivity contribution >= 4 is 46.3 Å². The lowest BCUT2D eigenvalue weighted by molar-refractivity contribution is 0.102. The van der Waals surface area contributed by atoms with Crippen LogP contribution in [0, 0.1) is 10.6 Å². The number of hydrogen-bond acceptors (Lipinski definition) is 4.